The molecule has 0 spiro atoms. The number of phenolic OH excluding ortho intramolecular Hbond substituents is 1. The molecule has 1 aliphatic carbocycles. The highest BCUT2D eigenvalue weighted by Gasteiger charge is 2.21. The zero-order valence-electron chi connectivity index (χ0n) is 11.1. The molecule has 3 nitrogen and oxygen atoms in total. The maximum absolute atomic E-state index is 9.33. The van der Waals surface area contributed by atoms with Crippen molar-refractivity contribution in [1.82, 2.24) is 5.32 Å². The molecule has 1 aliphatic rings. The van der Waals surface area contributed by atoms with E-state index in [4.69, 9.17) is 5.73 Å². The zero-order chi connectivity index (χ0) is 13.0. The average molecular weight is 248 g/mol. The Kier molecular flexibility index (Phi) is 4.61. The van der Waals surface area contributed by atoms with Crippen molar-refractivity contribution in [1.29, 1.82) is 0 Å². The van der Waals surface area contributed by atoms with Gasteiger partial charge in [-0.1, -0.05) is 19.1 Å². The van der Waals surface area contributed by atoms with Crippen molar-refractivity contribution in [3.8, 4) is 5.75 Å². The van der Waals surface area contributed by atoms with Crippen molar-refractivity contribution in [2.75, 3.05) is 0 Å². The molecule has 0 heterocycles. The molecule has 0 saturated heterocycles. The van der Waals surface area contributed by atoms with E-state index >= 15 is 0 Å². The average Bonchev–Trinajstić information content (AvgIpc) is 2.39. The van der Waals surface area contributed by atoms with Crippen molar-refractivity contribution < 1.29 is 5.11 Å². The molecule has 2 rings (SSSR count). The lowest BCUT2D eigenvalue weighted by Gasteiger charge is -2.30. The monoisotopic (exact) mass is 248 g/mol. The lowest BCUT2D eigenvalue weighted by atomic mass is 9.90. The summed E-state index contributed by atoms with van der Waals surface area (Å²) in [5, 5.41) is 13.1. The Hall–Kier alpha value is -1.06. The minimum absolute atomic E-state index is 0.331. The Bertz CT molecular complexity index is 355. The summed E-state index contributed by atoms with van der Waals surface area (Å²) in [6.45, 7) is 2.19. The number of nitrogens with one attached hydrogen (secondary N) is 1. The number of rotatable bonds is 4. The van der Waals surface area contributed by atoms with Crippen LogP contribution < -0.4 is 11.1 Å². The third-order valence-corrected chi connectivity index (χ3v) is 3.91. The van der Waals surface area contributed by atoms with Crippen molar-refractivity contribution in [3.05, 3.63) is 29.8 Å². The lowest BCUT2D eigenvalue weighted by Crippen LogP contribution is -2.39. The van der Waals surface area contributed by atoms with Crippen LogP contribution in [0.25, 0.3) is 0 Å². The van der Waals surface area contributed by atoms with Crippen molar-refractivity contribution in [2.24, 2.45) is 5.73 Å². The minimum Gasteiger partial charge on any atom is -0.508 e. The fourth-order valence-electron chi connectivity index (χ4n) is 2.73. The third-order valence-electron chi connectivity index (χ3n) is 3.91. The van der Waals surface area contributed by atoms with Gasteiger partial charge >= 0.3 is 0 Å². The van der Waals surface area contributed by atoms with Crippen LogP contribution in [0, 0.1) is 0 Å². The number of phenols is 1. The SMILES string of the molecule is CCC(NC1CCC(N)CC1)c1ccc(O)cc1. The summed E-state index contributed by atoms with van der Waals surface area (Å²) in [6, 6.07) is 8.90. The maximum Gasteiger partial charge on any atom is 0.115 e. The summed E-state index contributed by atoms with van der Waals surface area (Å²) in [5.41, 5.74) is 7.19. The van der Waals surface area contributed by atoms with Gasteiger partial charge in [0.2, 0.25) is 0 Å². The van der Waals surface area contributed by atoms with Gasteiger partial charge in [-0.15, -0.1) is 0 Å². The highest BCUT2D eigenvalue weighted by molar-refractivity contribution is 5.28. The molecule has 0 aromatic heterocycles. The van der Waals surface area contributed by atoms with Gasteiger partial charge < -0.3 is 16.2 Å². The first-order valence-electron chi connectivity index (χ1n) is 6.99. The first-order valence-corrected chi connectivity index (χ1v) is 6.99. The number of aromatic hydroxyl groups is 1. The highest BCUT2D eigenvalue weighted by atomic mass is 16.3. The lowest BCUT2D eigenvalue weighted by molar-refractivity contribution is 0.312. The van der Waals surface area contributed by atoms with Crippen LogP contribution in [0.5, 0.6) is 5.75 Å². The normalized spacial score (nSPS) is 25.9. The molecule has 1 atom stereocenters. The minimum atomic E-state index is 0.331. The van der Waals surface area contributed by atoms with E-state index in [1.165, 1.54) is 18.4 Å². The fourth-order valence-corrected chi connectivity index (χ4v) is 2.73. The molecule has 0 aliphatic heterocycles. The predicted octanol–water partition coefficient (Wildman–Crippen LogP) is 2.70. The molecule has 0 amide bonds. The highest BCUT2D eigenvalue weighted by Crippen LogP contribution is 2.24. The van der Waals surface area contributed by atoms with Crippen molar-refractivity contribution in [2.45, 2.75) is 57.2 Å². The number of hydrogen-bond donors (Lipinski definition) is 3. The summed E-state index contributed by atoms with van der Waals surface area (Å²) >= 11 is 0. The van der Waals surface area contributed by atoms with Crippen LogP contribution in [-0.2, 0) is 0 Å². The van der Waals surface area contributed by atoms with Gasteiger partial charge in [0.05, 0.1) is 0 Å². The molecule has 1 aromatic carbocycles. The van der Waals surface area contributed by atoms with Crippen LogP contribution in [0.2, 0.25) is 0 Å². The number of hydrogen-bond acceptors (Lipinski definition) is 3. The Morgan fingerprint density at radius 1 is 1.22 bits per heavy atom. The van der Waals surface area contributed by atoms with E-state index < -0.39 is 0 Å². The van der Waals surface area contributed by atoms with Gasteiger partial charge in [0.25, 0.3) is 0 Å². The van der Waals surface area contributed by atoms with Gasteiger partial charge in [-0.05, 0) is 49.8 Å². The summed E-state index contributed by atoms with van der Waals surface area (Å²) in [4.78, 5) is 0. The summed E-state index contributed by atoms with van der Waals surface area (Å²) in [5.74, 6) is 0.331. The fraction of sp³-hybridized carbons (Fsp3) is 0.600. The Labute approximate surface area is 109 Å². The van der Waals surface area contributed by atoms with Gasteiger partial charge in [-0.3, -0.25) is 0 Å². The topological polar surface area (TPSA) is 58.3 Å². The van der Waals surface area contributed by atoms with Crippen LogP contribution in [0.3, 0.4) is 0 Å². The molecule has 4 N–H and O–H groups in total. The second-order valence-electron chi connectivity index (χ2n) is 5.33. The van der Waals surface area contributed by atoms with Gasteiger partial charge in [-0.25, -0.2) is 0 Å². The first-order chi connectivity index (χ1) is 8.69. The van der Waals surface area contributed by atoms with Crippen LogP contribution in [-0.4, -0.2) is 17.2 Å². The molecule has 1 saturated carbocycles. The van der Waals surface area contributed by atoms with Crippen LogP contribution in [0.1, 0.15) is 50.6 Å². The van der Waals surface area contributed by atoms with Gasteiger partial charge in [0, 0.05) is 18.1 Å². The molecule has 1 fully saturated rings. The summed E-state index contributed by atoms with van der Waals surface area (Å²) < 4.78 is 0. The molecule has 0 radical (unpaired) electrons. The molecule has 0 bridgehead atoms. The van der Waals surface area contributed by atoms with Crippen molar-refractivity contribution in [3.63, 3.8) is 0 Å². The molecule has 1 unspecified atom stereocenters. The summed E-state index contributed by atoms with van der Waals surface area (Å²) in [7, 11) is 0. The standard InChI is InChI=1S/C15H24N2O/c1-2-15(11-3-9-14(18)10-4-11)17-13-7-5-12(16)6-8-13/h3-4,9-10,12-13,15,17-18H,2,5-8,16H2,1H3. The quantitative estimate of drug-likeness (QED) is 0.768. The Morgan fingerprint density at radius 3 is 2.39 bits per heavy atom. The molecular weight excluding hydrogens is 224 g/mol. The molecule has 3 heteroatoms. The number of benzene rings is 1. The molecule has 18 heavy (non-hydrogen) atoms. The van der Waals surface area contributed by atoms with Gasteiger partial charge in [-0.2, -0.15) is 0 Å². The second-order valence-corrected chi connectivity index (χ2v) is 5.33. The Balaban J connectivity index is 1.94. The number of nitrogens with two attached hydrogens (primary N) is 1. The zero-order valence-corrected chi connectivity index (χ0v) is 11.1. The maximum atomic E-state index is 9.33. The van der Waals surface area contributed by atoms with E-state index in [0.29, 0.717) is 23.9 Å². The predicted molar refractivity (Wildman–Crippen MR) is 74.5 cm³/mol. The molecule has 100 valence electrons. The van der Waals surface area contributed by atoms with E-state index in [1.807, 2.05) is 12.1 Å². The molecular formula is C15H24N2O. The van der Waals surface area contributed by atoms with E-state index in [9.17, 15) is 5.11 Å². The van der Waals surface area contributed by atoms with Crippen molar-refractivity contribution >= 4 is 0 Å². The first kappa shape index (κ1) is 13.4. The van der Waals surface area contributed by atoms with E-state index in [-0.39, 0.29) is 0 Å². The van der Waals surface area contributed by atoms with E-state index in [1.54, 1.807) is 12.1 Å². The largest absolute Gasteiger partial charge is 0.508 e. The van der Waals surface area contributed by atoms with Gasteiger partial charge in [0.1, 0.15) is 5.75 Å². The van der Waals surface area contributed by atoms with Crippen LogP contribution >= 0.6 is 0 Å². The second kappa shape index (κ2) is 6.21. The van der Waals surface area contributed by atoms with Crippen LogP contribution in [0.4, 0.5) is 0 Å². The Morgan fingerprint density at radius 2 is 1.83 bits per heavy atom. The van der Waals surface area contributed by atoms with E-state index in [0.717, 1.165) is 19.3 Å². The third kappa shape index (κ3) is 3.47. The summed E-state index contributed by atoms with van der Waals surface area (Å²) in [6.07, 6.45) is 5.67. The van der Waals surface area contributed by atoms with Crippen LogP contribution in [0.15, 0.2) is 24.3 Å². The van der Waals surface area contributed by atoms with Gasteiger partial charge in [0.15, 0.2) is 0 Å². The molecule has 1 aromatic rings. The van der Waals surface area contributed by atoms with E-state index in [2.05, 4.69) is 12.2 Å². The smallest absolute Gasteiger partial charge is 0.115 e.